The van der Waals surface area contributed by atoms with Crippen LogP contribution in [0.2, 0.25) is 0 Å². The van der Waals surface area contributed by atoms with E-state index in [2.05, 4.69) is 15.1 Å². The second kappa shape index (κ2) is 8.62. The lowest BCUT2D eigenvalue weighted by molar-refractivity contribution is 0.0714. The molecular weight excluding hydrogens is 434 g/mol. The predicted octanol–water partition coefficient (Wildman–Crippen LogP) is 2.85. The van der Waals surface area contributed by atoms with Crippen LogP contribution in [0, 0.1) is 6.92 Å². The normalized spacial score (nSPS) is 14.1. The summed E-state index contributed by atoms with van der Waals surface area (Å²) >= 11 is 0. The van der Waals surface area contributed by atoms with Crippen LogP contribution in [0.4, 0.5) is 17.5 Å². The molecular formula is C24H27N7O3. The number of aromatic nitrogens is 3. The molecule has 4 aromatic rings. The van der Waals surface area contributed by atoms with Crippen LogP contribution in [0.25, 0.3) is 16.5 Å². The van der Waals surface area contributed by atoms with E-state index in [1.807, 2.05) is 42.7 Å². The summed E-state index contributed by atoms with van der Waals surface area (Å²) < 4.78 is 12.6. The summed E-state index contributed by atoms with van der Waals surface area (Å²) in [6, 6.07) is 11.0. The number of hydrogen-bond donors (Lipinski definition) is 2. The van der Waals surface area contributed by atoms with Crippen molar-refractivity contribution in [3.63, 3.8) is 0 Å². The van der Waals surface area contributed by atoms with Gasteiger partial charge >= 0.3 is 0 Å². The largest absolute Gasteiger partial charge is 0.494 e. The van der Waals surface area contributed by atoms with Gasteiger partial charge in [0.15, 0.2) is 11.6 Å². The third-order valence-corrected chi connectivity index (χ3v) is 6.13. The number of furan rings is 1. The molecule has 1 aromatic carbocycles. The van der Waals surface area contributed by atoms with Crippen LogP contribution in [-0.4, -0.2) is 58.4 Å². The average Bonchev–Trinajstić information content (AvgIpc) is 3.48. The Bertz CT molecular complexity index is 1320. The highest BCUT2D eigenvalue weighted by atomic mass is 16.5. The fourth-order valence-corrected chi connectivity index (χ4v) is 4.46. The summed E-state index contributed by atoms with van der Waals surface area (Å²) in [7, 11) is 0. The van der Waals surface area contributed by atoms with Crippen LogP contribution in [0.5, 0.6) is 5.75 Å². The highest BCUT2D eigenvalue weighted by molar-refractivity contribution is 6.09. The maximum Gasteiger partial charge on any atom is 0.289 e. The first-order valence-electron chi connectivity index (χ1n) is 11.2. The topological polar surface area (TPSA) is 129 Å². The van der Waals surface area contributed by atoms with E-state index in [0.717, 1.165) is 22.2 Å². The first kappa shape index (κ1) is 21.6. The van der Waals surface area contributed by atoms with Crippen molar-refractivity contribution in [1.29, 1.82) is 0 Å². The van der Waals surface area contributed by atoms with Gasteiger partial charge in [-0.25, -0.2) is 0 Å². The maximum atomic E-state index is 12.6. The van der Waals surface area contributed by atoms with Crippen LogP contribution in [0.15, 0.2) is 47.1 Å². The van der Waals surface area contributed by atoms with Crippen molar-refractivity contribution >= 4 is 34.1 Å². The molecule has 3 aromatic heterocycles. The first-order valence-corrected chi connectivity index (χ1v) is 11.2. The molecule has 0 saturated carbocycles. The van der Waals surface area contributed by atoms with Crippen molar-refractivity contribution in [3.05, 3.63) is 54.1 Å². The number of rotatable bonds is 5. The van der Waals surface area contributed by atoms with Crippen molar-refractivity contribution in [2.24, 2.45) is 0 Å². The number of ether oxygens (including phenoxy) is 1. The van der Waals surface area contributed by atoms with Gasteiger partial charge in [-0.2, -0.15) is 5.10 Å². The Balaban J connectivity index is 1.48. The van der Waals surface area contributed by atoms with Crippen molar-refractivity contribution in [1.82, 2.24) is 19.7 Å². The number of benzene rings is 1. The molecule has 0 radical (unpaired) electrons. The average molecular weight is 462 g/mol. The predicted molar refractivity (Wildman–Crippen MR) is 130 cm³/mol. The van der Waals surface area contributed by atoms with E-state index in [-0.39, 0.29) is 5.91 Å². The number of amides is 1. The Morgan fingerprint density at radius 1 is 1.03 bits per heavy atom. The van der Waals surface area contributed by atoms with Gasteiger partial charge in [0.1, 0.15) is 17.4 Å². The molecule has 1 aliphatic heterocycles. The number of carbonyl (C=O) groups is 1. The van der Waals surface area contributed by atoms with E-state index in [0.29, 0.717) is 61.7 Å². The van der Waals surface area contributed by atoms with Gasteiger partial charge < -0.3 is 30.4 Å². The molecule has 1 saturated heterocycles. The monoisotopic (exact) mass is 461 g/mol. The number of nitrogens with two attached hydrogens (primary N) is 2. The third-order valence-electron chi connectivity index (χ3n) is 6.13. The highest BCUT2D eigenvalue weighted by Crippen LogP contribution is 2.39. The lowest BCUT2D eigenvalue weighted by Gasteiger charge is -2.35. The minimum absolute atomic E-state index is 0.116. The van der Waals surface area contributed by atoms with Gasteiger partial charge in [0.2, 0.25) is 0 Å². The first-order chi connectivity index (χ1) is 16.5. The zero-order chi connectivity index (χ0) is 23.8. The molecule has 4 heterocycles. The molecule has 34 heavy (non-hydrogen) atoms. The molecule has 10 heteroatoms. The van der Waals surface area contributed by atoms with Crippen molar-refractivity contribution in [2.75, 3.05) is 49.2 Å². The molecule has 0 atom stereocenters. The van der Waals surface area contributed by atoms with Gasteiger partial charge in [-0.3, -0.25) is 9.36 Å². The molecule has 176 valence electrons. The van der Waals surface area contributed by atoms with Crippen molar-refractivity contribution in [3.8, 4) is 11.4 Å². The Labute approximate surface area is 196 Å². The third kappa shape index (κ3) is 3.57. The molecule has 0 aliphatic carbocycles. The minimum Gasteiger partial charge on any atom is -0.494 e. The molecule has 1 amide bonds. The summed E-state index contributed by atoms with van der Waals surface area (Å²) in [4.78, 5) is 16.5. The number of aryl methyl sites for hydroxylation is 1. The number of hydrogen-bond acceptors (Lipinski definition) is 8. The van der Waals surface area contributed by atoms with Gasteiger partial charge in [-0.15, -0.1) is 5.10 Å². The quantitative estimate of drug-likeness (QED) is 0.464. The second-order valence-corrected chi connectivity index (χ2v) is 8.15. The van der Waals surface area contributed by atoms with Gasteiger partial charge in [-0.05, 0) is 50.2 Å². The van der Waals surface area contributed by atoms with Gasteiger partial charge in [0, 0.05) is 31.9 Å². The molecule has 0 spiro atoms. The number of anilines is 3. The summed E-state index contributed by atoms with van der Waals surface area (Å²) in [6.07, 6.45) is 1.50. The Hall–Kier alpha value is -4.21. The number of nitrogens with zero attached hydrogens (tertiary/aromatic N) is 5. The zero-order valence-electron chi connectivity index (χ0n) is 19.2. The zero-order valence-corrected chi connectivity index (χ0v) is 19.2. The van der Waals surface area contributed by atoms with Gasteiger partial charge in [-0.1, -0.05) is 0 Å². The number of nitrogen functional groups attached to an aromatic ring is 2. The Morgan fingerprint density at radius 3 is 2.38 bits per heavy atom. The lowest BCUT2D eigenvalue weighted by Crippen LogP contribution is -2.49. The van der Waals surface area contributed by atoms with E-state index in [1.165, 1.54) is 6.26 Å². The fraction of sp³-hybridized carbons (Fsp3) is 0.292. The molecule has 0 unspecified atom stereocenters. The lowest BCUT2D eigenvalue weighted by atomic mass is 10.2. The molecule has 0 bridgehead atoms. The SMILES string of the molecule is CCOc1ccc(-n2c(N)c3c(C)nnc(N4CCN(C(=O)c5ccco5)CC4)c3c2N)cc1. The molecule has 1 fully saturated rings. The van der Waals surface area contributed by atoms with E-state index in [4.69, 9.17) is 20.6 Å². The molecule has 5 rings (SSSR count). The summed E-state index contributed by atoms with van der Waals surface area (Å²) in [5, 5.41) is 10.4. The number of fused-ring (bicyclic) bond motifs is 1. The van der Waals surface area contributed by atoms with E-state index in [1.54, 1.807) is 17.0 Å². The summed E-state index contributed by atoms with van der Waals surface area (Å²) in [5.74, 6) is 2.68. The standard InChI is InChI=1S/C24H27N7O3/c1-3-33-17-8-6-16(7-9-17)31-21(25)19-15(2)27-28-23(20(19)22(31)26)29-10-12-30(13-11-29)24(32)18-5-4-14-34-18/h4-9,14H,3,10-13,25-26H2,1-2H3. The highest BCUT2D eigenvalue weighted by Gasteiger charge is 2.28. The number of piperazine rings is 1. The Morgan fingerprint density at radius 2 is 1.74 bits per heavy atom. The van der Waals surface area contributed by atoms with Crippen LogP contribution in [0.1, 0.15) is 23.2 Å². The Kier molecular flexibility index (Phi) is 5.48. The molecule has 10 nitrogen and oxygen atoms in total. The fourth-order valence-electron chi connectivity index (χ4n) is 4.46. The summed E-state index contributed by atoms with van der Waals surface area (Å²) in [5.41, 5.74) is 14.8. The van der Waals surface area contributed by atoms with Crippen LogP contribution in [-0.2, 0) is 0 Å². The van der Waals surface area contributed by atoms with Crippen LogP contribution in [0.3, 0.4) is 0 Å². The molecule has 4 N–H and O–H groups in total. The van der Waals surface area contributed by atoms with Crippen molar-refractivity contribution < 1.29 is 13.9 Å². The van der Waals surface area contributed by atoms with Crippen molar-refractivity contribution in [2.45, 2.75) is 13.8 Å². The van der Waals surface area contributed by atoms with Gasteiger partial charge in [0.25, 0.3) is 5.91 Å². The second-order valence-electron chi connectivity index (χ2n) is 8.15. The smallest absolute Gasteiger partial charge is 0.289 e. The minimum atomic E-state index is -0.116. The summed E-state index contributed by atoms with van der Waals surface area (Å²) in [6.45, 7) is 6.66. The number of carbonyl (C=O) groups excluding carboxylic acids is 1. The molecule has 1 aliphatic rings. The van der Waals surface area contributed by atoms with E-state index in [9.17, 15) is 4.79 Å². The maximum absolute atomic E-state index is 12.6. The van der Waals surface area contributed by atoms with Crippen LogP contribution >= 0.6 is 0 Å². The van der Waals surface area contributed by atoms with Gasteiger partial charge in [0.05, 0.1) is 29.3 Å². The van der Waals surface area contributed by atoms with E-state index >= 15 is 0 Å². The van der Waals surface area contributed by atoms with E-state index < -0.39 is 0 Å². The van der Waals surface area contributed by atoms with Crippen LogP contribution < -0.4 is 21.1 Å².